The van der Waals surface area contributed by atoms with E-state index in [9.17, 15) is 4.39 Å². The van der Waals surface area contributed by atoms with Crippen molar-refractivity contribution in [2.24, 2.45) is 0 Å². The lowest BCUT2D eigenvalue weighted by Gasteiger charge is -2.32. The molecule has 0 saturated heterocycles. The molecule has 0 bridgehead atoms. The standard InChI is InChI=1S/C17H17Br2F/c1-13-6-2-4-8-15(13)17(11-18,12-19)10-14-7-3-5-9-16(14)20/h2-9H,10-12H2,1H3. The Balaban J connectivity index is 2.46. The Labute approximate surface area is 136 Å². The molecule has 0 aliphatic heterocycles. The second kappa shape index (κ2) is 6.86. The minimum Gasteiger partial charge on any atom is -0.207 e. The van der Waals surface area contributed by atoms with Crippen molar-refractivity contribution >= 4 is 31.9 Å². The number of rotatable bonds is 5. The molecule has 20 heavy (non-hydrogen) atoms. The van der Waals surface area contributed by atoms with Crippen LogP contribution in [0.25, 0.3) is 0 Å². The molecule has 0 atom stereocenters. The van der Waals surface area contributed by atoms with E-state index >= 15 is 0 Å². The summed E-state index contributed by atoms with van der Waals surface area (Å²) in [5.41, 5.74) is 3.11. The van der Waals surface area contributed by atoms with Crippen LogP contribution >= 0.6 is 31.9 Å². The van der Waals surface area contributed by atoms with E-state index in [2.05, 4.69) is 50.9 Å². The summed E-state index contributed by atoms with van der Waals surface area (Å²) in [4.78, 5) is 0. The predicted molar refractivity (Wildman–Crippen MR) is 90.5 cm³/mol. The zero-order chi connectivity index (χ0) is 14.6. The van der Waals surface area contributed by atoms with Crippen LogP contribution < -0.4 is 0 Å². The Bertz CT molecular complexity index is 577. The summed E-state index contributed by atoms with van der Waals surface area (Å²) in [6, 6.07) is 15.3. The van der Waals surface area contributed by atoms with E-state index in [4.69, 9.17) is 0 Å². The molecule has 0 aliphatic rings. The van der Waals surface area contributed by atoms with E-state index in [0.29, 0.717) is 6.42 Å². The molecule has 2 aromatic carbocycles. The fourth-order valence-electron chi connectivity index (χ4n) is 2.54. The highest BCUT2D eigenvalue weighted by molar-refractivity contribution is 9.09. The number of hydrogen-bond acceptors (Lipinski definition) is 0. The number of halogens is 3. The van der Waals surface area contributed by atoms with Gasteiger partial charge in [0.25, 0.3) is 0 Å². The molecule has 0 fully saturated rings. The second-order valence-electron chi connectivity index (χ2n) is 5.13. The molecule has 0 saturated carbocycles. The Morgan fingerprint density at radius 3 is 2.15 bits per heavy atom. The predicted octanol–water partition coefficient (Wildman–Crippen LogP) is 5.40. The van der Waals surface area contributed by atoms with Crippen LogP contribution in [-0.4, -0.2) is 10.7 Å². The van der Waals surface area contributed by atoms with Gasteiger partial charge in [0, 0.05) is 16.1 Å². The number of aryl methyl sites for hydroxylation is 1. The zero-order valence-electron chi connectivity index (χ0n) is 11.4. The van der Waals surface area contributed by atoms with Crippen LogP contribution in [0.15, 0.2) is 48.5 Å². The maximum Gasteiger partial charge on any atom is 0.126 e. The van der Waals surface area contributed by atoms with Gasteiger partial charge < -0.3 is 0 Å². The molecule has 2 rings (SSSR count). The Kier molecular flexibility index (Phi) is 5.39. The molecule has 0 nitrogen and oxygen atoms in total. The maximum absolute atomic E-state index is 14.0. The van der Waals surface area contributed by atoms with Gasteiger partial charge in [-0.3, -0.25) is 0 Å². The highest BCUT2D eigenvalue weighted by Gasteiger charge is 2.32. The van der Waals surface area contributed by atoms with E-state index in [1.54, 1.807) is 6.07 Å². The van der Waals surface area contributed by atoms with Gasteiger partial charge in [-0.05, 0) is 36.1 Å². The molecule has 0 aromatic heterocycles. The molecule has 0 unspecified atom stereocenters. The van der Waals surface area contributed by atoms with Gasteiger partial charge in [0.2, 0.25) is 0 Å². The zero-order valence-corrected chi connectivity index (χ0v) is 14.5. The minimum atomic E-state index is -0.145. The van der Waals surface area contributed by atoms with Gasteiger partial charge in [-0.2, -0.15) is 0 Å². The number of alkyl halides is 2. The molecule has 0 N–H and O–H groups in total. The number of hydrogen-bond donors (Lipinski definition) is 0. The average molecular weight is 400 g/mol. The van der Waals surface area contributed by atoms with Crippen LogP contribution in [0.4, 0.5) is 4.39 Å². The summed E-state index contributed by atoms with van der Waals surface area (Å²) in [5, 5.41) is 1.56. The summed E-state index contributed by atoms with van der Waals surface area (Å²) in [6.45, 7) is 2.11. The first-order valence-corrected chi connectivity index (χ1v) is 8.79. The second-order valence-corrected chi connectivity index (χ2v) is 6.25. The molecule has 106 valence electrons. The summed E-state index contributed by atoms with van der Waals surface area (Å²) in [6.07, 6.45) is 0.668. The van der Waals surface area contributed by atoms with Crippen molar-refractivity contribution in [3.63, 3.8) is 0 Å². The quantitative estimate of drug-likeness (QED) is 0.590. The average Bonchev–Trinajstić information content (AvgIpc) is 2.48. The fraction of sp³-hybridized carbons (Fsp3) is 0.294. The third-order valence-corrected chi connectivity index (χ3v) is 5.86. The van der Waals surface area contributed by atoms with Crippen LogP contribution in [0.2, 0.25) is 0 Å². The topological polar surface area (TPSA) is 0 Å². The van der Waals surface area contributed by atoms with Crippen molar-refractivity contribution in [3.8, 4) is 0 Å². The Morgan fingerprint density at radius 1 is 0.950 bits per heavy atom. The lowest BCUT2D eigenvalue weighted by atomic mass is 9.77. The molecule has 0 amide bonds. The molecule has 2 aromatic rings. The Hall–Kier alpha value is -0.670. The SMILES string of the molecule is Cc1ccccc1C(CBr)(CBr)Cc1ccccc1F. The van der Waals surface area contributed by atoms with Gasteiger partial charge in [-0.15, -0.1) is 0 Å². The fourth-order valence-corrected chi connectivity index (χ4v) is 4.47. The summed E-state index contributed by atoms with van der Waals surface area (Å²) in [7, 11) is 0. The van der Waals surface area contributed by atoms with Crippen LogP contribution in [0.1, 0.15) is 16.7 Å². The first kappa shape index (κ1) is 15.7. The third kappa shape index (κ3) is 3.15. The Morgan fingerprint density at radius 2 is 1.55 bits per heavy atom. The van der Waals surface area contributed by atoms with Crippen LogP contribution in [0, 0.1) is 12.7 Å². The first-order chi connectivity index (χ1) is 9.63. The van der Waals surface area contributed by atoms with Gasteiger partial charge in [0.15, 0.2) is 0 Å². The summed E-state index contributed by atoms with van der Waals surface area (Å²) >= 11 is 7.27. The van der Waals surface area contributed by atoms with Crippen molar-refractivity contribution in [1.29, 1.82) is 0 Å². The van der Waals surface area contributed by atoms with Crippen LogP contribution in [0.5, 0.6) is 0 Å². The van der Waals surface area contributed by atoms with Crippen molar-refractivity contribution in [2.45, 2.75) is 18.8 Å². The largest absolute Gasteiger partial charge is 0.207 e. The van der Waals surface area contributed by atoms with Crippen LogP contribution in [0.3, 0.4) is 0 Å². The van der Waals surface area contributed by atoms with Crippen molar-refractivity contribution in [2.75, 3.05) is 10.7 Å². The molecule has 0 radical (unpaired) electrons. The van der Waals surface area contributed by atoms with Crippen molar-refractivity contribution in [1.82, 2.24) is 0 Å². The van der Waals surface area contributed by atoms with E-state index in [0.717, 1.165) is 16.2 Å². The van der Waals surface area contributed by atoms with Crippen molar-refractivity contribution < 1.29 is 4.39 Å². The lowest BCUT2D eigenvalue weighted by Crippen LogP contribution is -2.34. The molecular formula is C17H17Br2F. The molecular weight excluding hydrogens is 383 g/mol. The molecule has 0 spiro atoms. The van der Waals surface area contributed by atoms with E-state index < -0.39 is 0 Å². The smallest absolute Gasteiger partial charge is 0.126 e. The van der Waals surface area contributed by atoms with Gasteiger partial charge in [0.05, 0.1) is 0 Å². The normalized spacial score (nSPS) is 11.6. The monoisotopic (exact) mass is 398 g/mol. The van der Waals surface area contributed by atoms with E-state index in [1.165, 1.54) is 17.2 Å². The van der Waals surface area contributed by atoms with Crippen LogP contribution in [-0.2, 0) is 11.8 Å². The van der Waals surface area contributed by atoms with Gasteiger partial charge in [-0.1, -0.05) is 74.3 Å². The molecule has 3 heteroatoms. The summed E-state index contributed by atoms with van der Waals surface area (Å²) < 4.78 is 14.0. The van der Waals surface area contributed by atoms with Crippen molar-refractivity contribution in [3.05, 3.63) is 71.0 Å². The van der Waals surface area contributed by atoms with Gasteiger partial charge in [0.1, 0.15) is 5.82 Å². The van der Waals surface area contributed by atoms with Gasteiger partial charge in [-0.25, -0.2) is 4.39 Å². The minimum absolute atomic E-state index is 0.132. The maximum atomic E-state index is 14.0. The lowest BCUT2D eigenvalue weighted by molar-refractivity contribution is 0.520. The highest BCUT2D eigenvalue weighted by atomic mass is 79.9. The van der Waals surface area contributed by atoms with E-state index in [1.807, 2.05) is 24.3 Å². The first-order valence-electron chi connectivity index (χ1n) is 6.54. The van der Waals surface area contributed by atoms with Gasteiger partial charge >= 0.3 is 0 Å². The third-order valence-electron chi connectivity index (χ3n) is 3.71. The van der Waals surface area contributed by atoms with E-state index in [-0.39, 0.29) is 11.2 Å². The number of benzene rings is 2. The summed E-state index contributed by atoms with van der Waals surface area (Å²) in [5.74, 6) is -0.132. The molecule has 0 aliphatic carbocycles. The molecule has 0 heterocycles. The highest BCUT2D eigenvalue weighted by Crippen LogP contribution is 2.35.